The third kappa shape index (κ3) is 4.75. The number of hydrogen-bond donors (Lipinski definition) is 1. The van der Waals surface area contributed by atoms with Gasteiger partial charge in [-0.25, -0.2) is 0 Å². The van der Waals surface area contributed by atoms with Crippen LogP contribution in [0.25, 0.3) is 45.4 Å². The Hall–Kier alpha value is -5.87. The van der Waals surface area contributed by atoms with E-state index in [2.05, 4.69) is 134 Å². The first-order valence-electron chi connectivity index (χ1n) is 22.1. The number of fused-ring (bicyclic) bond motifs is 14. The number of hydrogen-bond acceptors (Lipinski definition) is 4. The van der Waals surface area contributed by atoms with Gasteiger partial charge in [-0.2, -0.15) is 0 Å². The topological polar surface area (TPSA) is 50.7 Å². The van der Waals surface area contributed by atoms with Crippen molar-refractivity contribution in [3.63, 3.8) is 0 Å². The number of furan rings is 2. The Kier molecular flexibility index (Phi) is 7.11. The molecule has 13 rings (SSSR count). The zero-order valence-corrected chi connectivity index (χ0v) is 33.9. The number of para-hydroxylation sites is 1. The largest absolute Gasteiger partial charge is 0.460 e. The Labute approximate surface area is 346 Å². The van der Waals surface area contributed by atoms with E-state index in [0.717, 1.165) is 65.5 Å². The summed E-state index contributed by atoms with van der Waals surface area (Å²) in [5, 5.41) is 4.82. The molecule has 6 aromatic rings. The average Bonchev–Trinajstić information content (AvgIpc) is 3.99. The van der Waals surface area contributed by atoms with E-state index in [9.17, 15) is 0 Å². The van der Waals surface area contributed by atoms with Crippen LogP contribution in [0.4, 0.5) is 5.88 Å². The molecule has 3 unspecified atom stereocenters. The first-order chi connectivity index (χ1) is 29.0. The molecule has 0 saturated heterocycles. The second-order valence-electron chi connectivity index (χ2n) is 18.7. The summed E-state index contributed by atoms with van der Waals surface area (Å²) in [6.07, 6.45) is 26.2. The lowest BCUT2D eigenvalue weighted by molar-refractivity contribution is 0.353. The third-order valence-corrected chi connectivity index (χ3v) is 15.4. The van der Waals surface area contributed by atoms with Gasteiger partial charge in [-0.1, -0.05) is 130 Å². The summed E-state index contributed by atoms with van der Waals surface area (Å²) in [5.41, 5.74) is 19.3. The Morgan fingerprint density at radius 1 is 0.763 bits per heavy atom. The zero-order valence-electron chi connectivity index (χ0n) is 33.9. The second kappa shape index (κ2) is 12.3. The van der Waals surface area contributed by atoms with Crippen LogP contribution in [0.15, 0.2) is 129 Å². The molecule has 7 aliphatic rings. The third-order valence-electron chi connectivity index (χ3n) is 15.4. The SMILES string of the molecule is CC1(C)c2ccc(C3C=Cc4oc5c(c4C3)C=CCC5C3=NC(C4=CC=CCC4)c4c(oc5ccccc45)N3)cc2-c2cc3c(cc21)-c1ccccc1C31CCCCC1. The minimum Gasteiger partial charge on any atom is -0.460 e. The quantitative estimate of drug-likeness (QED) is 0.195. The van der Waals surface area contributed by atoms with Gasteiger partial charge in [-0.15, -0.1) is 0 Å². The van der Waals surface area contributed by atoms with Gasteiger partial charge in [0.05, 0.1) is 11.5 Å². The van der Waals surface area contributed by atoms with Crippen LogP contribution in [0.5, 0.6) is 0 Å². The molecule has 4 nitrogen and oxygen atoms in total. The van der Waals surface area contributed by atoms with Crippen LogP contribution in [0.2, 0.25) is 0 Å². The van der Waals surface area contributed by atoms with Gasteiger partial charge in [0.1, 0.15) is 29.0 Å². The molecule has 3 heterocycles. The normalized spacial score (nSPS) is 23.4. The lowest BCUT2D eigenvalue weighted by Crippen LogP contribution is -2.28. The van der Waals surface area contributed by atoms with E-state index in [-0.39, 0.29) is 28.7 Å². The van der Waals surface area contributed by atoms with Crippen LogP contribution < -0.4 is 5.32 Å². The maximum atomic E-state index is 6.86. The van der Waals surface area contributed by atoms with Crippen LogP contribution in [0, 0.1) is 0 Å². The fourth-order valence-electron chi connectivity index (χ4n) is 12.4. The van der Waals surface area contributed by atoms with Crippen molar-refractivity contribution in [2.75, 3.05) is 5.32 Å². The van der Waals surface area contributed by atoms with Crippen molar-refractivity contribution in [1.29, 1.82) is 0 Å². The van der Waals surface area contributed by atoms with Gasteiger partial charge >= 0.3 is 0 Å². The first kappa shape index (κ1) is 34.0. The molecule has 59 heavy (non-hydrogen) atoms. The van der Waals surface area contributed by atoms with Crippen LogP contribution in [-0.2, 0) is 17.3 Å². The smallest absolute Gasteiger partial charge is 0.205 e. The van der Waals surface area contributed by atoms with E-state index < -0.39 is 0 Å². The fraction of sp³-hybridized carbons (Fsp3) is 0.291. The van der Waals surface area contributed by atoms with Crippen LogP contribution >= 0.6 is 0 Å². The number of rotatable bonds is 3. The molecule has 1 N–H and O–H groups in total. The molecule has 1 saturated carbocycles. The highest BCUT2D eigenvalue weighted by atomic mass is 16.4. The van der Waals surface area contributed by atoms with Crippen molar-refractivity contribution in [1.82, 2.24) is 0 Å². The van der Waals surface area contributed by atoms with Gasteiger partial charge in [-0.05, 0) is 118 Å². The summed E-state index contributed by atoms with van der Waals surface area (Å²) in [5.74, 6) is 3.99. The predicted molar refractivity (Wildman–Crippen MR) is 240 cm³/mol. The highest BCUT2D eigenvalue weighted by Gasteiger charge is 2.46. The van der Waals surface area contributed by atoms with Gasteiger partial charge in [0, 0.05) is 33.3 Å². The Bertz CT molecular complexity index is 2950. The van der Waals surface area contributed by atoms with E-state index in [1.165, 1.54) is 87.7 Å². The lowest BCUT2D eigenvalue weighted by Gasteiger charge is -2.36. The summed E-state index contributed by atoms with van der Waals surface area (Å²) >= 11 is 0. The zero-order chi connectivity index (χ0) is 39.0. The van der Waals surface area contributed by atoms with Crippen molar-refractivity contribution in [3.8, 4) is 22.3 Å². The Balaban J connectivity index is 0.853. The molecule has 1 spiro atoms. The van der Waals surface area contributed by atoms with Crippen molar-refractivity contribution in [2.45, 2.75) is 100 Å². The summed E-state index contributed by atoms with van der Waals surface area (Å²) in [6, 6.07) is 30.2. The summed E-state index contributed by atoms with van der Waals surface area (Å²) in [6.45, 7) is 4.86. The highest BCUT2D eigenvalue weighted by molar-refractivity contribution is 6.05. The average molecular weight is 769 g/mol. The van der Waals surface area contributed by atoms with Gasteiger partial charge < -0.3 is 14.2 Å². The van der Waals surface area contributed by atoms with Gasteiger partial charge in [0.15, 0.2) is 0 Å². The minimum absolute atomic E-state index is 0.0184. The van der Waals surface area contributed by atoms with E-state index in [4.69, 9.17) is 13.8 Å². The fourth-order valence-corrected chi connectivity index (χ4v) is 12.4. The van der Waals surface area contributed by atoms with Crippen LogP contribution in [-0.4, -0.2) is 5.84 Å². The Morgan fingerprint density at radius 2 is 1.59 bits per heavy atom. The van der Waals surface area contributed by atoms with E-state index in [1.807, 2.05) is 6.07 Å². The number of amidine groups is 1. The molecule has 4 heteroatoms. The maximum absolute atomic E-state index is 6.86. The van der Waals surface area contributed by atoms with Crippen molar-refractivity contribution in [3.05, 3.63) is 171 Å². The Morgan fingerprint density at radius 3 is 2.49 bits per heavy atom. The first-order valence-corrected chi connectivity index (χ1v) is 22.1. The molecule has 6 aliphatic carbocycles. The number of benzene rings is 4. The minimum atomic E-state index is -0.0856. The van der Waals surface area contributed by atoms with Crippen LogP contribution in [0.3, 0.4) is 0 Å². The highest BCUT2D eigenvalue weighted by Crippen LogP contribution is 2.60. The number of nitrogens with zero attached hydrogens (tertiary/aromatic N) is 1. The van der Waals surface area contributed by atoms with E-state index in [1.54, 1.807) is 11.1 Å². The molecule has 2 aromatic heterocycles. The van der Waals surface area contributed by atoms with Gasteiger partial charge in [0.2, 0.25) is 5.88 Å². The number of aliphatic imine (C=N–C) groups is 1. The molecule has 3 atom stereocenters. The monoisotopic (exact) mass is 768 g/mol. The second-order valence-corrected chi connectivity index (χ2v) is 18.7. The standard InChI is InChI=1S/C55H48N2O2/c1-54(2)43-24-22-33(28-39(43)41-31-46-40(30-45(41)54)35-16-7-9-20-44(35)55(46)26-11-4-12-27-55)34-23-25-48-42(29-34)36-18-13-19-38(51(36)58-48)52-56-50(32-14-5-3-6-15-32)49-37-17-8-10-21-47(37)59-53(49)57-52/h3,5,7-10,13-14,16-18,20-25,28,30-31,34,38,50H,4,6,11-12,15,19,26-27,29H2,1-2H3,(H,56,57). The molecular formula is C55H48N2O2. The molecule has 1 fully saturated rings. The number of allylic oxidation sites excluding steroid dienone is 5. The van der Waals surface area contributed by atoms with E-state index in [0.29, 0.717) is 0 Å². The summed E-state index contributed by atoms with van der Waals surface area (Å²) in [4.78, 5) is 5.52. The van der Waals surface area contributed by atoms with Crippen molar-refractivity contribution in [2.24, 2.45) is 4.99 Å². The van der Waals surface area contributed by atoms with Crippen LogP contribution in [0.1, 0.15) is 139 Å². The molecule has 4 aromatic carbocycles. The van der Waals surface area contributed by atoms with Gasteiger partial charge in [0.25, 0.3) is 0 Å². The summed E-state index contributed by atoms with van der Waals surface area (Å²) in [7, 11) is 0. The molecule has 0 radical (unpaired) electrons. The van der Waals surface area contributed by atoms with Crippen molar-refractivity contribution < 1.29 is 8.83 Å². The number of anilines is 1. The maximum Gasteiger partial charge on any atom is 0.205 e. The predicted octanol–water partition coefficient (Wildman–Crippen LogP) is 14.3. The molecule has 290 valence electrons. The molecule has 1 aliphatic heterocycles. The van der Waals surface area contributed by atoms with Crippen molar-refractivity contribution >= 4 is 34.8 Å². The molecule has 0 bridgehead atoms. The summed E-state index contributed by atoms with van der Waals surface area (Å²) < 4.78 is 13.4. The lowest BCUT2D eigenvalue weighted by atomic mass is 9.67. The molecule has 0 amide bonds. The number of nitrogens with one attached hydrogen (secondary N) is 1. The van der Waals surface area contributed by atoms with E-state index >= 15 is 0 Å². The van der Waals surface area contributed by atoms with Gasteiger partial charge in [-0.3, -0.25) is 4.99 Å². The molecular weight excluding hydrogens is 721 g/mol.